The molecule has 0 spiro atoms. The van der Waals surface area contributed by atoms with Gasteiger partial charge in [-0.1, -0.05) is 35.3 Å². The summed E-state index contributed by atoms with van der Waals surface area (Å²) in [6.07, 6.45) is 5.30. The largest absolute Gasteiger partial charge is 0.370 e. The van der Waals surface area contributed by atoms with Gasteiger partial charge in [-0.05, 0) is 239 Å². The fourth-order valence-corrected chi connectivity index (χ4v) is 22.3. The SMILES string of the molecule is CC[N+](CC)(CC)CC(=O)SCCCOCOP(N(C(C)C)C(C)CCC(C)N(C(C)C)P(OCCCOCSC(=O)C[N+](CC)(CC)CC)N(C(C)C)C(C)C)N(C(C)C)C(C)CCC(C)N(C(C)C)P(OCOCOCSC(=O)C[N+](CC)(CC)CC)N(C(C)C)C(C)C. The summed E-state index contributed by atoms with van der Waals surface area (Å²) < 4.78 is 63.5. The molecule has 0 N–H and O–H groups in total. The minimum absolute atomic E-state index is 0.0452. The third kappa shape index (κ3) is 34.7. The topological polar surface area (TPSA) is 135 Å². The average molecular weight is 1480 g/mol. The van der Waals surface area contributed by atoms with Gasteiger partial charge in [0.2, 0.25) is 15.3 Å². The Hall–Kier alpha value is 0.710. The van der Waals surface area contributed by atoms with Gasteiger partial charge in [0.05, 0.1) is 78.1 Å². The second-order valence-electron chi connectivity index (χ2n) is 28.6. The average Bonchev–Trinajstić information content (AvgIpc) is 0.826. The van der Waals surface area contributed by atoms with E-state index < -0.39 is 25.3 Å². The molecule has 0 aliphatic rings. The molecule has 7 atom stereocenters. The second-order valence-corrected chi connectivity index (χ2v) is 36.7. The molecule has 19 nitrogen and oxygen atoms in total. The Morgan fingerprint density at radius 1 is 0.312 bits per heavy atom. The summed E-state index contributed by atoms with van der Waals surface area (Å²) in [5.74, 6) is 1.34. The Morgan fingerprint density at radius 3 is 0.896 bits per heavy atom. The zero-order valence-electron chi connectivity index (χ0n) is 67.2. The Balaban J connectivity index is 6.98. The zero-order chi connectivity index (χ0) is 73.5. The van der Waals surface area contributed by atoms with Gasteiger partial charge < -0.3 is 46.0 Å². The van der Waals surface area contributed by atoms with E-state index in [1.54, 1.807) is 0 Å². The fourth-order valence-electron chi connectivity index (χ4n) is 13.0. The van der Waals surface area contributed by atoms with Crippen molar-refractivity contribution in [2.75, 3.05) is 136 Å². The van der Waals surface area contributed by atoms with E-state index in [1.165, 1.54) is 35.3 Å². The lowest BCUT2D eigenvalue weighted by atomic mass is 10.1. The van der Waals surface area contributed by atoms with Crippen LogP contribution < -0.4 is 0 Å². The van der Waals surface area contributed by atoms with E-state index in [2.05, 4.69) is 229 Å². The van der Waals surface area contributed by atoms with E-state index in [1.807, 2.05) is 0 Å². The highest BCUT2D eigenvalue weighted by Gasteiger charge is 2.41. The van der Waals surface area contributed by atoms with E-state index >= 15 is 0 Å². The van der Waals surface area contributed by atoms with E-state index in [0.717, 1.165) is 117 Å². The molecule has 0 radical (unpaired) electrons. The standard InChI is InChI=1S/C71H153N9O10P3S3/c1-30-78(31-2,32-3)49-69(81)94-48-40-46-84-53-89-93(76(63(22)23)67(28)43-41-65(26)74(61(18)19)91(72(57(10)11)58(12)13)88-47-39-45-85-55-95-70(82)50-79(33-4,34-5)35-6)77(64(24)25)68(29)44-42-66(27)75(62(20)21)92(73(59(14)15)60(16)17)90-54-86-52-87-56-96-71(83)51-80(36-7,37-8)38-9/h57-68H,30-56H2,1-29H3/q+3. The van der Waals surface area contributed by atoms with Crippen molar-refractivity contribution in [2.45, 2.75) is 312 Å². The minimum Gasteiger partial charge on any atom is -0.370 e. The Kier molecular flexibility index (Phi) is 53.0. The predicted molar refractivity (Wildman–Crippen MR) is 418 cm³/mol. The number of carbonyl (C=O) groups excluding carboxylic acids is 3. The molecule has 572 valence electrons. The molecule has 7 unspecified atom stereocenters. The molecular formula is C71H153N9O10P3S3+3. The second kappa shape index (κ2) is 52.6. The van der Waals surface area contributed by atoms with Gasteiger partial charge in [0.1, 0.15) is 25.6 Å². The van der Waals surface area contributed by atoms with Crippen LogP contribution in [0.2, 0.25) is 0 Å². The zero-order valence-corrected chi connectivity index (χ0v) is 72.3. The highest BCUT2D eigenvalue weighted by Crippen LogP contribution is 2.55. The molecule has 0 amide bonds. The van der Waals surface area contributed by atoms with Gasteiger partial charge in [0, 0.05) is 84.9 Å². The van der Waals surface area contributed by atoms with Crippen molar-refractivity contribution in [1.29, 1.82) is 0 Å². The number of ether oxygens (including phenoxy) is 4. The van der Waals surface area contributed by atoms with Crippen LogP contribution in [0.25, 0.3) is 0 Å². The Morgan fingerprint density at radius 2 is 0.583 bits per heavy atom. The van der Waals surface area contributed by atoms with E-state index in [-0.39, 0.29) is 114 Å². The summed E-state index contributed by atoms with van der Waals surface area (Å²) in [6.45, 7) is 77.7. The molecule has 0 saturated carbocycles. The van der Waals surface area contributed by atoms with E-state index in [0.29, 0.717) is 45.4 Å². The van der Waals surface area contributed by atoms with E-state index in [9.17, 15) is 14.4 Å². The number of quaternary nitrogens is 3. The molecule has 0 aromatic carbocycles. The summed E-state index contributed by atoms with van der Waals surface area (Å²) >= 11 is 3.97. The maximum Gasteiger partial charge on any atom is 0.245 e. The summed E-state index contributed by atoms with van der Waals surface area (Å²) in [4.78, 5) is 39.1. The lowest BCUT2D eigenvalue weighted by Gasteiger charge is -2.48. The van der Waals surface area contributed by atoms with Crippen LogP contribution in [0.3, 0.4) is 0 Å². The minimum atomic E-state index is -1.34. The van der Waals surface area contributed by atoms with Gasteiger partial charge in [-0.15, -0.1) is 0 Å². The van der Waals surface area contributed by atoms with Crippen LogP contribution in [0.4, 0.5) is 0 Å². The maximum atomic E-state index is 13.2. The molecule has 0 saturated heterocycles. The normalized spacial score (nSPS) is 15.5. The van der Waals surface area contributed by atoms with Crippen molar-refractivity contribution < 1.29 is 60.4 Å². The quantitative estimate of drug-likeness (QED) is 0.0247. The highest BCUT2D eigenvalue weighted by atomic mass is 32.2. The third-order valence-electron chi connectivity index (χ3n) is 19.3. The molecule has 0 aliphatic carbocycles. The van der Waals surface area contributed by atoms with Gasteiger partial charge in [0.25, 0.3) is 0 Å². The molecule has 0 heterocycles. The number of carbonyl (C=O) groups is 3. The summed E-state index contributed by atoms with van der Waals surface area (Å²) in [6, 6.07) is 2.46. The van der Waals surface area contributed by atoms with Gasteiger partial charge >= 0.3 is 0 Å². The first-order valence-corrected chi connectivity index (χ1v) is 44.0. The summed E-state index contributed by atoms with van der Waals surface area (Å²) in [5.41, 5.74) is 0. The molecule has 0 aromatic heterocycles. The molecule has 0 rings (SSSR count). The monoisotopic (exact) mass is 1480 g/mol. The molecule has 0 fully saturated rings. The van der Waals surface area contributed by atoms with Gasteiger partial charge in [-0.25, -0.2) is 28.0 Å². The van der Waals surface area contributed by atoms with Crippen molar-refractivity contribution in [3.63, 3.8) is 0 Å². The van der Waals surface area contributed by atoms with Crippen LogP contribution in [-0.2, 0) is 46.9 Å². The van der Waals surface area contributed by atoms with Crippen LogP contribution in [-0.4, -0.2) is 266 Å². The van der Waals surface area contributed by atoms with Crippen LogP contribution in [0.1, 0.15) is 239 Å². The van der Waals surface area contributed by atoms with Crippen LogP contribution in [0.5, 0.6) is 0 Å². The fraction of sp³-hybridized carbons (Fsp3) is 0.958. The predicted octanol–water partition coefficient (Wildman–Crippen LogP) is 17.0. The van der Waals surface area contributed by atoms with Gasteiger partial charge in [-0.2, -0.15) is 0 Å². The van der Waals surface area contributed by atoms with Crippen molar-refractivity contribution in [2.24, 2.45) is 0 Å². The number of hydrogen-bond acceptors (Lipinski definition) is 19. The Labute approximate surface area is 608 Å². The van der Waals surface area contributed by atoms with Gasteiger partial charge in [0.15, 0.2) is 45.7 Å². The molecule has 0 aliphatic heterocycles. The first-order valence-electron chi connectivity index (χ1n) is 37.5. The summed E-state index contributed by atoms with van der Waals surface area (Å²) in [7, 11) is -3.74. The molecule has 96 heavy (non-hydrogen) atoms. The number of thioether (sulfide) groups is 3. The lowest BCUT2D eigenvalue weighted by molar-refractivity contribution is -0.915. The first-order chi connectivity index (χ1) is 45.2. The smallest absolute Gasteiger partial charge is 0.245 e. The maximum absolute atomic E-state index is 13.2. The number of rotatable bonds is 60. The van der Waals surface area contributed by atoms with E-state index in [4.69, 9.17) is 32.5 Å². The third-order valence-corrected chi connectivity index (χ3v) is 30.4. The molecule has 25 heteroatoms. The van der Waals surface area contributed by atoms with Gasteiger partial charge in [-0.3, -0.25) is 14.4 Å². The number of hydrogen-bond donors (Lipinski definition) is 0. The lowest BCUT2D eigenvalue weighted by Crippen LogP contribution is -2.50. The van der Waals surface area contributed by atoms with Crippen LogP contribution in [0.15, 0.2) is 0 Å². The molecular weight excluding hydrogens is 1330 g/mol. The van der Waals surface area contributed by atoms with Crippen molar-refractivity contribution >= 4 is 76.0 Å². The highest BCUT2D eigenvalue weighted by molar-refractivity contribution is 8.14. The first kappa shape index (κ1) is 96.7. The Bertz CT molecular complexity index is 1850. The summed E-state index contributed by atoms with van der Waals surface area (Å²) in [5, 5.41) is 0.599. The number of likely N-dealkylation sites (N-methyl/N-ethyl adjacent to an activating group) is 3. The van der Waals surface area contributed by atoms with Crippen molar-refractivity contribution in [1.82, 2.24) is 28.0 Å². The van der Waals surface area contributed by atoms with Crippen molar-refractivity contribution in [3.05, 3.63) is 0 Å². The molecule has 0 bridgehead atoms. The van der Waals surface area contributed by atoms with Crippen molar-refractivity contribution in [3.8, 4) is 0 Å². The number of nitrogens with zero attached hydrogens (tertiary/aromatic N) is 9. The van der Waals surface area contributed by atoms with Crippen LogP contribution in [0, 0.1) is 0 Å². The molecule has 0 aromatic rings. The van der Waals surface area contributed by atoms with Crippen LogP contribution >= 0.6 is 60.6 Å².